The molecule has 3 atom stereocenters. The number of hydrogen-bond donors (Lipinski definition) is 6. The largest absolute Gasteiger partial charge is 0.478 e. The molecule has 2 aliphatic rings. The number of aliphatic carboxylic acids is 2. The van der Waals surface area contributed by atoms with Gasteiger partial charge in [-0.05, 0) is 19.0 Å². The van der Waals surface area contributed by atoms with Gasteiger partial charge in [-0.15, -0.1) is 11.8 Å². The van der Waals surface area contributed by atoms with Crippen LogP contribution in [0.1, 0.15) is 12.6 Å². The first-order valence-corrected chi connectivity index (χ1v) is 14.6. The molecule has 0 radical (unpaired) electrons. The Balaban J connectivity index is 1.50. The van der Waals surface area contributed by atoms with Gasteiger partial charge in [0.1, 0.15) is 33.7 Å². The van der Waals surface area contributed by atoms with Gasteiger partial charge in [-0.2, -0.15) is 0 Å². The standard InChI is InChI=1S/C23H26ClN9O7S2/c1-10(21(36)37)40-31-14(13-17(24)42-23(25)30-13)18(34)29-15-19(35)33-16(22(38)39)11(8-41-20(15)33)7-32-6-3-12(28-9-32)27-5-4-26-2/h3,6,9-10,15,20,26H,4-5,7-8H2,1-2H3,(H5,25,29,30,34,36,37,38,39)/p+1/b31-14-/t10-,15+,20+/m0/s1. The third-order valence-electron chi connectivity index (χ3n) is 6.05. The summed E-state index contributed by atoms with van der Waals surface area (Å²) >= 11 is 8.27. The zero-order valence-corrected chi connectivity index (χ0v) is 24.6. The molecule has 19 heteroatoms. The second-order valence-electron chi connectivity index (χ2n) is 8.97. The SMILES string of the molecule is CNCCNc1cc[n+](CC2=C(C(=O)O)N3C(=O)[C@@H](NC(=O)/C(=N\O[C@@H](C)C(=O)O)c4nc(N)sc4Cl)[C@H]3SC2)cn1. The lowest BCUT2D eigenvalue weighted by Crippen LogP contribution is -2.71. The lowest BCUT2D eigenvalue weighted by Gasteiger charge is -2.49. The van der Waals surface area contributed by atoms with Crippen molar-refractivity contribution in [2.45, 2.75) is 31.0 Å². The number of anilines is 2. The number of nitrogens with zero attached hydrogens (tertiary/aromatic N) is 5. The number of thiazole rings is 1. The Kier molecular flexibility index (Phi) is 9.81. The van der Waals surface area contributed by atoms with E-state index in [1.807, 2.05) is 7.05 Å². The van der Waals surface area contributed by atoms with Crippen LogP contribution in [0.15, 0.2) is 35.0 Å². The van der Waals surface area contributed by atoms with Gasteiger partial charge in [0.25, 0.3) is 18.1 Å². The van der Waals surface area contributed by atoms with E-state index in [2.05, 4.69) is 31.1 Å². The smallest absolute Gasteiger partial charge is 0.352 e. The number of hydrogen-bond acceptors (Lipinski definition) is 13. The molecule has 2 aromatic heterocycles. The van der Waals surface area contributed by atoms with Crippen LogP contribution < -0.4 is 26.3 Å². The fourth-order valence-electron chi connectivity index (χ4n) is 3.96. The third kappa shape index (κ3) is 6.72. The number of nitrogen functional groups attached to an aromatic ring is 1. The van der Waals surface area contributed by atoms with E-state index in [1.165, 1.54) is 18.7 Å². The maximum Gasteiger partial charge on any atom is 0.352 e. The first-order valence-electron chi connectivity index (χ1n) is 12.3. The Morgan fingerprint density at radius 3 is 2.71 bits per heavy atom. The molecule has 42 heavy (non-hydrogen) atoms. The van der Waals surface area contributed by atoms with Gasteiger partial charge in [0.05, 0.1) is 6.20 Å². The fraction of sp³-hybridized carbons (Fsp3) is 0.391. The third-order valence-corrected chi connectivity index (χ3v) is 8.47. The molecule has 0 spiro atoms. The lowest BCUT2D eigenvalue weighted by atomic mass is 10.0. The summed E-state index contributed by atoms with van der Waals surface area (Å²) in [5.41, 5.74) is 5.36. The van der Waals surface area contributed by atoms with Gasteiger partial charge in [0.2, 0.25) is 11.9 Å². The first kappa shape index (κ1) is 30.9. The molecule has 0 aromatic carbocycles. The van der Waals surface area contributed by atoms with Gasteiger partial charge >= 0.3 is 11.9 Å². The van der Waals surface area contributed by atoms with E-state index >= 15 is 0 Å². The van der Waals surface area contributed by atoms with Gasteiger partial charge in [-0.25, -0.2) is 19.1 Å². The highest BCUT2D eigenvalue weighted by molar-refractivity contribution is 8.00. The van der Waals surface area contributed by atoms with Crippen LogP contribution in [0.5, 0.6) is 0 Å². The molecular formula is C23H27ClN9O7S2+. The van der Waals surface area contributed by atoms with Crippen LogP contribution in [-0.4, -0.2) is 98.0 Å². The van der Waals surface area contributed by atoms with Crippen LogP contribution in [0.3, 0.4) is 0 Å². The number of halogens is 1. The minimum atomic E-state index is -1.40. The zero-order valence-electron chi connectivity index (χ0n) is 22.2. The van der Waals surface area contributed by atoms with E-state index in [-0.39, 0.29) is 33.2 Å². The number of likely N-dealkylation sites (N-methyl/N-ethyl adjacent to an activating group) is 1. The van der Waals surface area contributed by atoms with E-state index in [0.717, 1.165) is 22.8 Å². The average Bonchev–Trinajstić information content (AvgIpc) is 3.29. The number of nitrogens with two attached hydrogens (primary N) is 1. The van der Waals surface area contributed by atoms with Crippen molar-refractivity contribution in [1.29, 1.82) is 0 Å². The lowest BCUT2D eigenvalue weighted by molar-refractivity contribution is -0.691. The summed E-state index contributed by atoms with van der Waals surface area (Å²) in [6, 6.07) is 0.658. The Morgan fingerprint density at radius 2 is 2.12 bits per heavy atom. The summed E-state index contributed by atoms with van der Waals surface area (Å²) in [6.45, 7) is 2.83. The Hall–Kier alpha value is -4.00. The molecule has 2 aromatic rings. The van der Waals surface area contributed by atoms with Crippen molar-refractivity contribution in [3.63, 3.8) is 0 Å². The fourth-order valence-corrected chi connectivity index (χ4v) is 6.23. The van der Waals surface area contributed by atoms with Crippen LogP contribution in [-0.2, 0) is 30.6 Å². The zero-order chi connectivity index (χ0) is 30.6. The number of carboxylic acids is 2. The van der Waals surface area contributed by atoms with Crippen LogP contribution in [0.25, 0.3) is 0 Å². The van der Waals surface area contributed by atoms with Crippen molar-refractivity contribution >= 4 is 75.1 Å². The van der Waals surface area contributed by atoms with E-state index in [9.17, 15) is 24.3 Å². The van der Waals surface area contributed by atoms with Gasteiger partial charge in [0.15, 0.2) is 10.8 Å². The number of rotatable bonds is 13. The number of nitrogens with one attached hydrogen (secondary N) is 3. The van der Waals surface area contributed by atoms with Gasteiger partial charge in [-0.1, -0.05) is 28.1 Å². The quantitative estimate of drug-likeness (QED) is 0.0525. The molecule has 2 aliphatic heterocycles. The highest BCUT2D eigenvalue weighted by Gasteiger charge is 2.54. The van der Waals surface area contributed by atoms with Crippen LogP contribution in [0.2, 0.25) is 4.34 Å². The molecule has 2 amide bonds. The monoisotopic (exact) mass is 640 g/mol. The highest BCUT2D eigenvalue weighted by Crippen LogP contribution is 2.40. The molecule has 0 bridgehead atoms. The molecule has 4 rings (SSSR count). The predicted octanol–water partition coefficient (Wildman–Crippen LogP) is -0.675. The number of amides is 2. The Bertz CT molecular complexity index is 1450. The highest BCUT2D eigenvalue weighted by atomic mass is 35.5. The Labute approximate surface area is 252 Å². The van der Waals surface area contributed by atoms with Gasteiger partial charge in [0, 0.05) is 30.5 Å². The number of carboxylic acid groups (broad SMARTS) is 2. The molecule has 0 saturated carbocycles. The number of aromatic nitrogens is 3. The molecule has 1 fully saturated rings. The van der Waals surface area contributed by atoms with Crippen LogP contribution in [0.4, 0.5) is 10.9 Å². The Morgan fingerprint density at radius 1 is 1.36 bits per heavy atom. The minimum absolute atomic E-state index is 0.00362. The molecule has 1 saturated heterocycles. The van der Waals surface area contributed by atoms with Crippen molar-refractivity contribution in [3.8, 4) is 0 Å². The van der Waals surface area contributed by atoms with Crippen molar-refractivity contribution < 1.29 is 38.8 Å². The molecule has 0 aliphatic carbocycles. The summed E-state index contributed by atoms with van der Waals surface area (Å²) in [7, 11) is 1.84. The normalized spacial score (nSPS) is 19.1. The maximum absolute atomic E-state index is 13.2. The average molecular weight is 641 g/mol. The summed E-state index contributed by atoms with van der Waals surface area (Å²) < 4.78 is 1.70. The molecule has 0 unspecified atom stereocenters. The van der Waals surface area contributed by atoms with Crippen LogP contribution >= 0.6 is 34.7 Å². The maximum atomic E-state index is 13.2. The molecule has 16 nitrogen and oxygen atoms in total. The topological polar surface area (TPSA) is 225 Å². The number of oxime groups is 1. The van der Waals surface area contributed by atoms with Gasteiger partial charge < -0.3 is 36.7 Å². The van der Waals surface area contributed by atoms with Gasteiger partial charge in [-0.3, -0.25) is 14.5 Å². The second kappa shape index (κ2) is 13.3. The second-order valence-corrected chi connectivity index (χ2v) is 11.7. The summed E-state index contributed by atoms with van der Waals surface area (Å²) in [5.74, 6) is -3.26. The van der Waals surface area contributed by atoms with Crippen LogP contribution in [0, 0.1) is 0 Å². The summed E-state index contributed by atoms with van der Waals surface area (Å²) in [6.07, 6.45) is 1.91. The van der Waals surface area contributed by atoms with Crippen molar-refractivity contribution in [2.24, 2.45) is 5.16 Å². The van der Waals surface area contributed by atoms with E-state index in [4.69, 9.17) is 27.3 Å². The number of carbonyl (C=O) groups is 4. The predicted molar refractivity (Wildman–Crippen MR) is 153 cm³/mol. The molecule has 224 valence electrons. The number of fused-ring (bicyclic) bond motifs is 1. The first-order chi connectivity index (χ1) is 20.0. The summed E-state index contributed by atoms with van der Waals surface area (Å²) in [4.78, 5) is 64.1. The summed E-state index contributed by atoms with van der Waals surface area (Å²) in [5, 5.41) is 30.7. The van der Waals surface area contributed by atoms with Crippen molar-refractivity contribution in [3.05, 3.63) is 39.9 Å². The number of carbonyl (C=O) groups excluding carboxylic acids is 2. The number of β-lactam (4-membered cyclic amide) rings is 1. The minimum Gasteiger partial charge on any atom is -0.478 e. The van der Waals surface area contributed by atoms with E-state index < -0.39 is 47.0 Å². The van der Waals surface area contributed by atoms with Crippen molar-refractivity contribution in [2.75, 3.05) is 36.9 Å². The van der Waals surface area contributed by atoms with E-state index in [0.29, 0.717) is 17.9 Å². The molecule has 4 heterocycles. The van der Waals surface area contributed by atoms with Crippen molar-refractivity contribution in [1.82, 2.24) is 25.5 Å². The molecule has 7 N–H and O–H groups in total. The van der Waals surface area contributed by atoms with E-state index in [1.54, 1.807) is 23.2 Å². The number of thioether (sulfide) groups is 1. The molecular weight excluding hydrogens is 614 g/mol.